The molecule has 1 aliphatic carbocycles. The molecule has 0 aliphatic heterocycles. The van der Waals surface area contributed by atoms with E-state index in [2.05, 4.69) is 34.6 Å². The van der Waals surface area contributed by atoms with Gasteiger partial charge in [-0.15, -0.1) is 0 Å². The number of hydrogen-bond donors (Lipinski definition) is 2. The average Bonchev–Trinajstić information content (AvgIpc) is 3.30. The summed E-state index contributed by atoms with van der Waals surface area (Å²) < 4.78 is 1.70. The van der Waals surface area contributed by atoms with Gasteiger partial charge in [-0.05, 0) is 43.2 Å². The van der Waals surface area contributed by atoms with Gasteiger partial charge in [0.2, 0.25) is 0 Å². The molecule has 128 valence electrons. The highest BCUT2D eigenvalue weighted by molar-refractivity contribution is 5.88. The number of nitrogens with zero attached hydrogens (tertiary/aromatic N) is 3. The van der Waals surface area contributed by atoms with Gasteiger partial charge in [0.1, 0.15) is 5.82 Å². The Kier molecular flexibility index (Phi) is 4.55. The van der Waals surface area contributed by atoms with Crippen LogP contribution in [0.25, 0.3) is 0 Å². The van der Waals surface area contributed by atoms with Gasteiger partial charge >= 0.3 is 6.03 Å². The molecule has 1 atom stereocenters. The van der Waals surface area contributed by atoms with Crippen molar-refractivity contribution in [2.75, 3.05) is 5.32 Å². The lowest BCUT2D eigenvalue weighted by Crippen LogP contribution is -2.35. The fraction of sp³-hybridized carbons (Fsp3) is 0.500. The van der Waals surface area contributed by atoms with E-state index in [4.69, 9.17) is 0 Å². The highest BCUT2D eigenvalue weighted by atomic mass is 16.2. The van der Waals surface area contributed by atoms with E-state index in [9.17, 15) is 4.79 Å². The summed E-state index contributed by atoms with van der Waals surface area (Å²) in [7, 11) is 1.84. The summed E-state index contributed by atoms with van der Waals surface area (Å²) in [6, 6.07) is 5.63. The van der Waals surface area contributed by atoms with E-state index < -0.39 is 0 Å². The van der Waals surface area contributed by atoms with Crippen molar-refractivity contribution in [2.24, 2.45) is 13.0 Å². The number of urea groups is 1. The highest BCUT2D eigenvalue weighted by Crippen LogP contribution is 2.41. The molecule has 0 bridgehead atoms. The largest absolute Gasteiger partial charge is 0.329 e. The van der Waals surface area contributed by atoms with Crippen LogP contribution in [0.1, 0.15) is 55.6 Å². The van der Waals surface area contributed by atoms with E-state index in [1.807, 2.05) is 32.2 Å². The number of hydrogen-bond acceptors (Lipinski definition) is 3. The Balaban J connectivity index is 1.72. The number of amides is 2. The number of carbonyl (C=O) groups is 1. The molecule has 1 saturated carbocycles. The molecule has 2 aromatic rings. The van der Waals surface area contributed by atoms with E-state index >= 15 is 0 Å². The molecular weight excluding hydrogens is 302 g/mol. The number of anilines is 1. The molecule has 2 heterocycles. The molecule has 3 rings (SSSR count). The number of aryl methyl sites for hydroxylation is 2. The van der Waals surface area contributed by atoms with Gasteiger partial charge in [0.25, 0.3) is 0 Å². The number of nitrogens with one attached hydrogen (secondary N) is 2. The molecule has 1 aliphatic rings. The zero-order valence-electron chi connectivity index (χ0n) is 14.7. The first-order valence-corrected chi connectivity index (χ1v) is 8.48. The van der Waals surface area contributed by atoms with Gasteiger partial charge in [0.15, 0.2) is 0 Å². The Bertz CT molecular complexity index is 733. The maximum Gasteiger partial charge on any atom is 0.320 e. The van der Waals surface area contributed by atoms with Gasteiger partial charge in [-0.1, -0.05) is 19.9 Å². The van der Waals surface area contributed by atoms with Crippen LogP contribution in [-0.2, 0) is 7.05 Å². The third kappa shape index (κ3) is 3.58. The summed E-state index contributed by atoms with van der Waals surface area (Å²) >= 11 is 0. The lowest BCUT2D eigenvalue weighted by molar-refractivity contribution is 0.246. The normalized spacial score (nSPS) is 15.4. The predicted molar refractivity (Wildman–Crippen MR) is 93.9 cm³/mol. The van der Waals surface area contributed by atoms with E-state index in [0.29, 0.717) is 17.7 Å². The molecule has 0 radical (unpaired) electrons. The first-order valence-electron chi connectivity index (χ1n) is 8.48. The Morgan fingerprint density at radius 2 is 2.12 bits per heavy atom. The monoisotopic (exact) mass is 327 g/mol. The van der Waals surface area contributed by atoms with Crippen molar-refractivity contribution >= 4 is 11.8 Å². The first-order chi connectivity index (χ1) is 11.5. The fourth-order valence-corrected chi connectivity index (χ4v) is 2.84. The number of aromatic nitrogens is 3. The summed E-state index contributed by atoms with van der Waals surface area (Å²) in [5.41, 5.74) is 3.03. The van der Waals surface area contributed by atoms with Gasteiger partial charge in [-0.2, -0.15) is 5.10 Å². The molecular formula is C18H25N5O. The predicted octanol–water partition coefficient (Wildman–Crippen LogP) is 3.52. The number of carbonyl (C=O) groups excluding carboxylic acids is 1. The number of pyridine rings is 1. The zero-order valence-corrected chi connectivity index (χ0v) is 14.7. The third-order valence-electron chi connectivity index (χ3n) is 4.46. The standard InChI is InChI=1S/C18H25N5O/c1-11(2)14-10-15(23(4)22-14)20-18(24)21-17(13-7-8-13)16-12(3)6-5-9-19-16/h5-6,9-11,13,17H,7-8H2,1-4H3,(H2,20,21,24)/t17-/m0/s1. The first kappa shape index (κ1) is 16.5. The van der Waals surface area contributed by atoms with Crippen molar-refractivity contribution in [3.63, 3.8) is 0 Å². The minimum absolute atomic E-state index is 0.0380. The SMILES string of the molecule is Cc1cccnc1[C@@H](NC(=O)Nc1cc(C(C)C)nn1C)C1CC1. The zero-order chi connectivity index (χ0) is 17.3. The lowest BCUT2D eigenvalue weighted by atomic mass is 10.0. The van der Waals surface area contributed by atoms with Gasteiger partial charge < -0.3 is 5.32 Å². The van der Waals surface area contributed by atoms with E-state index in [-0.39, 0.29) is 12.1 Å². The molecule has 6 nitrogen and oxygen atoms in total. The molecule has 2 amide bonds. The van der Waals surface area contributed by atoms with Crippen molar-refractivity contribution in [1.29, 1.82) is 0 Å². The Hall–Kier alpha value is -2.37. The van der Waals surface area contributed by atoms with Crippen molar-refractivity contribution < 1.29 is 4.79 Å². The Labute approximate surface area is 142 Å². The molecule has 2 N–H and O–H groups in total. The van der Waals surface area contributed by atoms with Gasteiger partial charge in [-0.25, -0.2) is 4.79 Å². The van der Waals surface area contributed by atoms with E-state index in [1.165, 1.54) is 0 Å². The van der Waals surface area contributed by atoms with Crippen molar-refractivity contribution in [3.05, 3.63) is 41.3 Å². The minimum Gasteiger partial charge on any atom is -0.329 e. The topological polar surface area (TPSA) is 71.8 Å². The summed E-state index contributed by atoms with van der Waals surface area (Å²) in [4.78, 5) is 17.0. The molecule has 0 unspecified atom stereocenters. The lowest BCUT2D eigenvalue weighted by Gasteiger charge is -2.19. The van der Waals surface area contributed by atoms with Crippen molar-refractivity contribution in [3.8, 4) is 0 Å². The summed E-state index contributed by atoms with van der Waals surface area (Å²) in [6.07, 6.45) is 4.04. The van der Waals surface area contributed by atoms with E-state index in [1.54, 1.807) is 10.9 Å². The fourth-order valence-electron chi connectivity index (χ4n) is 2.84. The number of rotatable bonds is 5. The second-order valence-electron chi connectivity index (χ2n) is 6.85. The van der Waals surface area contributed by atoms with Gasteiger partial charge in [0.05, 0.1) is 17.4 Å². The second kappa shape index (κ2) is 6.63. The Morgan fingerprint density at radius 1 is 1.38 bits per heavy atom. The quantitative estimate of drug-likeness (QED) is 0.882. The molecule has 0 saturated heterocycles. The smallest absolute Gasteiger partial charge is 0.320 e. The maximum atomic E-state index is 12.5. The van der Waals surface area contributed by atoms with Crippen LogP contribution in [0.4, 0.5) is 10.6 Å². The molecule has 2 aromatic heterocycles. The molecule has 1 fully saturated rings. The summed E-state index contributed by atoms with van der Waals surface area (Å²) in [5, 5.41) is 10.4. The van der Waals surface area contributed by atoms with Gasteiger partial charge in [-0.3, -0.25) is 15.0 Å². The Morgan fingerprint density at radius 3 is 2.71 bits per heavy atom. The average molecular weight is 327 g/mol. The summed E-state index contributed by atoms with van der Waals surface area (Å²) in [5.74, 6) is 1.50. The van der Waals surface area contributed by atoms with Crippen LogP contribution in [0.15, 0.2) is 24.4 Å². The van der Waals surface area contributed by atoms with Crippen LogP contribution < -0.4 is 10.6 Å². The highest BCUT2D eigenvalue weighted by Gasteiger charge is 2.35. The van der Waals surface area contributed by atoms with Crippen LogP contribution in [0.2, 0.25) is 0 Å². The molecule has 6 heteroatoms. The molecule has 0 aromatic carbocycles. The molecule has 24 heavy (non-hydrogen) atoms. The van der Waals surface area contributed by atoms with Crippen molar-refractivity contribution in [2.45, 2.75) is 45.6 Å². The van der Waals surface area contributed by atoms with Crippen LogP contribution in [0.3, 0.4) is 0 Å². The van der Waals surface area contributed by atoms with Crippen LogP contribution in [0, 0.1) is 12.8 Å². The third-order valence-corrected chi connectivity index (χ3v) is 4.46. The van der Waals surface area contributed by atoms with Crippen molar-refractivity contribution in [1.82, 2.24) is 20.1 Å². The van der Waals surface area contributed by atoms with Crippen LogP contribution >= 0.6 is 0 Å². The van der Waals surface area contributed by atoms with Crippen LogP contribution in [0.5, 0.6) is 0 Å². The second-order valence-corrected chi connectivity index (χ2v) is 6.85. The minimum atomic E-state index is -0.213. The maximum absolute atomic E-state index is 12.5. The van der Waals surface area contributed by atoms with Gasteiger partial charge in [0, 0.05) is 19.3 Å². The van der Waals surface area contributed by atoms with Crippen LogP contribution in [-0.4, -0.2) is 20.8 Å². The molecule has 0 spiro atoms. The summed E-state index contributed by atoms with van der Waals surface area (Å²) in [6.45, 7) is 6.20. The van der Waals surface area contributed by atoms with E-state index in [0.717, 1.165) is 29.8 Å².